The molecule has 3 atom stereocenters. The van der Waals surface area contributed by atoms with Crippen LogP contribution in [0.5, 0.6) is 5.75 Å². The Labute approximate surface area is 259 Å². The highest BCUT2D eigenvalue weighted by molar-refractivity contribution is 5.97. The molecule has 2 aliphatic heterocycles. The maximum atomic E-state index is 14.7. The van der Waals surface area contributed by atoms with Crippen molar-refractivity contribution >= 4 is 23.4 Å². The second kappa shape index (κ2) is 16.4. The number of phenols is 1. The van der Waals surface area contributed by atoms with E-state index in [4.69, 9.17) is 0 Å². The summed E-state index contributed by atoms with van der Waals surface area (Å²) in [6, 6.07) is 5.59. The van der Waals surface area contributed by atoms with E-state index in [2.05, 4.69) is 32.7 Å². The van der Waals surface area contributed by atoms with Gasteiger partial charge in [-0.15, -0.1) is 0 Å². The number of Topliss-reactive ketones (excluding diaryl/α,β-unsaturated/α-hetero) is 2. The second-order valence-electron chi connectivity index (χ2n) is 13.0. The Kier molecular flexibility index (Phi) is 13.2. The number of rotatable bonds is 17. The lowest BCUT2D eigenvalue weighted by Gasteiger charge is -2.51. The Hall–Kier alpha value is -2.74. The number of nitrogens with zero attached hydrogens (tertiary/aromatic N) is 3. The molecular formula is C35H55N3O5. The highest BCUT2D eigenvalue weighted by Crippen LogP contribution is 2.45. The number of piperidine rings is 1. The van der Waals surface area contributed by atoms with E-state index in [1.807, 2.05) is 21.9 Å². The fraction of sp³-hybridized carbons (Fsp3) is 0.714. The molecule has 8 nitrogen and oxygen atoms in total. The predicted octanol–water partition coefficient (Wildman–Crippen LogP) is 5.89. The van der Waals surface area contributed by atoms with Gasteiger partial charge in [0, 0.05) is 51.6 Å². The number of amides is 2. The highest BCUT2D eigenvalue weighted by Gasteiger charge is 2.61. The molecule has 0 saturated carbocycles. The lowest BCUT2D eigenvalue weighted by molar-refractivity contribution is -0.156. The van der Waals surface area contributed by atoms with Crippen molar-refractivity contribution in [2.75, 3.05) is 20.1 Å². The monoisotopic (exact) mass is 597 g/mol. The van der Waals surface area contributed by atoms with E-state index in [0.29, 0.717) is 38.5 Å². The number of hydrogen-bond acceptors (Lipinski definition) is 6. The number of hydrogen-bond donors (Lipinski definition) is 1. The molecule has 0 bridgehead atoms. The Bertz CT molecular complexity index is 1080. The molecule has 0 aromatic heterocycles. The molecule has 2 amide bonds. The van der Waals surface area contributed by atoms with Gasteiger partial charge in [-0.1, -0.05) is 65.0 Å². The van der Waals surface area contributed by atoms with Crippen molar-refractivity contribution < 1.29 is 24.3 Å². The van der Waals surface area contributed by atoms with Gasteiger partial charge in [-0.25, -0.2) is 0 Å². The second-order valence-corrected chi connectivity index (χ2v) is 13.0. The normalized spacial score (nSPS) is 20.0. The summed E-state index contributed by atoms with van der Waals surface area (Å²) in [7, 11) is 2.07. The lowest BCUT2D eigenvalue weighted by Crippen LogP contribution is -2.65. The first-order chi connectivity index (χ1) is 20.5. The zero-order valence-electron chi connectivity index (χ0n) is 27.3. The predicted molar refractivity (Wildman–Crippen MR) is 170 cm³/mol. The van der Waals surface area contributed by atoms with Crippen LogP contribution >= 0.6 is 0 Å². The summed E-state index contributed by atoms with van der Waals surface area (Å²) in [6.45, 7) is 9.34. The third kappa shape index (κ3) is 8.68. The Morgan fingerprint density at radius 3 is 2.12 bits per heavy atom. The molecule has 2 fully saturated rings. The topological polar surface area (TPSA) is 98.2 Å². The quantitative estimate of drug-likeness (QED) is 0.225. The third-order valence-electron chi connectivity index (χ3n) is 9.64. The standard InChI is InChI=1S/C35H55N3O5/c1-6-8-11-16-32(42)37-30(25-28-17-19-29(40)20-18-28)34(43)38(35(37)21-23-36(5)24-22-35)33(26(3)7-2)31(41)15-13-10-9-12-14-27(4)39/h17-20,26,30,33,40H,6-16,21-25H2,1-5H3. The number of carbonyl (C=O) groups excluding carboxylic acids is 4. The van der Waals surface area contributed by atoms with Crippen LogP contribution in [0.25, 0.3) is 0 Å². The third-order valence-corrected chi connectivity index (χ3v) is 9.64. The van der Waals surface area contributed by atoms with Gasteiger partial charge in [0.1, 0.15) is 23.2 Å². The average molecular weight is 598 g/mol. The molecule has 3 unspecified atom stereocenters. The molecule has 1 aromatic rings. The summed E-state index contributed by atoms with van der Waals surface area (Å²) < 4.78 is 0. The molecule has 0 radical (unpaired) electrons. The van der Waals surface area contributed by atoms with Crippen molar-refractivity contribution in [2.24, 2.45) is 5.92 Å². The summed E-state index contributed by atoms with van der Waals surface area (Å²) in [5, 5.41) is 9.86. The fourth-order valence-corrected chi connectivity index (χ4v) is 6.94. The van der Waals surface area contributed by atoms with Gasteiger partial charge in [-0.05, 0) is 56.8 Å². The minimum absolute atomic E-state index is 0.00143. The van der Waals surface area contributed by atoms with Gasteiger partial charge in [-0.2, -0.15) is 0 Å². The van der Waals surface area contributed by atoms with Gasteiger partial charge in [-0.3, -0.25) is 14.4 Å². The Morgan fingerprint density at radius 2 is 1.53 bits per heavy atom. The zero-order chi connectivity index (χ0) is 31.6. The van der Waals surface area contributed by atoms with E-state index >= 15 is 0 Å². The summed E-state index contributed by atoms with van der Waals surface area (Å²) in [5.41, 5.74) is 0.0455. The molecule has 1 N–H and O–H groups in total. The molecule has 240 valence electrons. The molecule has 43 heavy (non-hydrogen) atoms. The van der Waals surface area contributed by atoms with E-state index in [1.165, 1.54) is 0 Å². The average Bonchev–Trinajstić information content (AvgIpc) is 3.20. The maximum Gasteiger partial charge on any atom is 0.248 e. The summed E-state index contributed by atoms with van der Waals surface area (Å²) in [5.74, 6) is 0.261. The number of benzene rings is 1. The Morgan fingerprint density at radius 1 is 0.930 bits per heavy atom. The molecule has 2 aliphatic rings. The van der Waals surface area contributed by atoms with E-state index < -0.39 is 17.7 Å². The van der Waals surface area contributed by atoms with Crippen LogP contribution in [0.2, 0.25) is 0 Å². The first kappa shape index (κ1) is 34.7. The van der Waals surface area contributed by atoms with Crippen molar-refractivity contribution in [2.45, 2.75) is 135 Å². The van der Waals surface area contributed by atoms with Crippen molar-refractivity contribution in [1.82, 2.24) is 14.7 Å². The van der Waals surface area contributed by atoms with Gasteiger partial charge >= 0.3 is 0 Å². The van der Waals surface area contributed by atoms with Crippen LogP contribution in [-0.4, -0.2) is 81.1 Å². The number of unbranched alkanes of at least 4 members (excludes halogenated alkanes) is 5. The van der Waals surface area contributed by atoms with Crippen molar-refractivity contribution in [1.29, 1.82) is 0 Å². The maximum absolute atomic E-state index is 14.7. The summed E-state index contributed by atoms with van der Waals surface area (Å²) in [4.78, 5) is 60.3. The van der Waals surface area contributed by atoms with Gasteiger partial charge < -0.3 is 24.6 Å². The first-order valence-corrected chi connectivity index (χ1v) is 16.7. The highest BCUT2D eigenvalue weighted by atomic mass is 16.3. The van der Waals surface area contributed by atoms with Crippen molar-refractivity contribution in [3.05, 3.63) is 29.8 Å². The number of likely N-dealkylation sites (tertiary alicyclic amines) is 1. The molecule has 1 aromatic carbocycles. The largest absolute Gasteiger partial charge is 0.508 e. The van der Waals surface area contributed by atoms with E-state index in [1.54, 1.807) is 19.1 Å². The van der Waals surface area contributed by atoms with Gasteiger partial charge in [0.25, 0.3) is 0 Å². The lowest BCUT2D eigenvalue weighted by atomic mass is 9.86. The molecule has 3 rings (SSSR count). The SMILES string of the molecule is CCCCCC(=O)N1C(Cc2ccc(O)cc2)C(=O)N(C(C(=O)CCCCCCC(C)=O)C(C)CC)C12CCN(C)CC2. The smallest absolute Gasteiger partial charge is 0.248 e. The molecular weight excluding hydrogens is 542 g/mol. The van der Waals surface area contributed by atoms with Crippen LogP contribution in [0, 0.1) is 5.92 Å². The van der Waals surface area contributed by atoms with Crippen LogP contribution in [0.1, 0.15) is 117 Å². The number of phenolic OH excluding ortho intramolecular Hbond substituents is 1. The zero-order valence-corrected chi connectivity index (χ0v) is 27.3. The van der Waals surface area contributed by atoms with Crippen LogP contribution in [0.4, 0.5) is 0 Å². The summed E-state index contributed by atoms with van der Waals surface area (Å²) >= 11 is 0. The van der Waals surface area contributed by atoms with Gasteiger partial charge in [0.15, 0.2) is 5.78 Å². The van der Waals surface area contributed by atoms with Gasteiger partial charge in [0.2, 0.25) is 11.8 Å². The van der Waals surface area contributed by atoms with Crippen LogP contribution in [0.15, 0.2) is 24.3 Å². The minimum atomic E-state index is -0.834. The molecule has 8 heteroatoms. The fourth-order valence-electron chi connectivity index (χ4n) is 6.94. The van der Waals surface area contributed by atoms with Crippen LogP contribution < -0.4 is 0 Å². The minimum Gasteiger partial charge on any atom is -0.508 e. The summed E-state index contributed by atoms with van der Waals surface area (Å²) in [6.07, 6.45) is 9.79. The van der Waals surface area contributed by atoms with E-state index in [-0.39, 0.29) is 35.0 Å². The molecule has 2 heterocycles. The number of aromatic hydroxyl groups is 1. The Balaban J connectivity index is 1.99. The van der Waals surface area contributed by atoms with E-state index in [9.17, 15) is 24.3 Å². The number of ketones is 2. The first-order valence-electron chi connectivity index (χ1n) is 16.7. The number of carbonyl (C=O) groups is 4. The van der Waals surface area contributed by atoms with Crippen molar-refractivity contribution in [3.8, 4) is 5.75 Å². The molecule has 1 spiro atoms. The van der Waals surface area contributed by atoms with Crippen LogP contribution in [0.3, 0.4) is 0 Å². The molecule has 0 aliphatic carbocycles. The molecule has 2 saturated heterocycles. The van der Waals surface area contributed by atoms with E-state index in [0.717, 1.165) is 70.0 Å². The van der Waals surface area contributed by atoms with Crippen LogP contribution in [-0.2, 0) is 25.6 Å². The van der Waals surface area contributed by atoms with Gasteiger partial charge in [0.05, 0.1) is 6.04 Å². The van der Waals surface area contributed by atoms with Crippen molar-refractivity contribution in [3.63, 3.8) is 0 Å².